The maximum Gasteiger partial charge on any atom is 0.371 e. The number of hydrogen-bond donors (Lipinski definition) is 2. The van der Waals surface area contributed by atoms with E-state index in [2.05, 4.69) is 16.4 Å². The molecular formula is C13H10N2O3S. The van der Waals surface area contributed by atoms with Crippen molar-refractivity contribution in [3.8, 4) is 0 Å². The van der Waals surface area contributed by atoms with Gasteiger partial charge in [-0.1, -0.05) is 17.4 Å². The van der Waals surface area contributed by atoms with Crippen LogP contribution in [-0.2, 0) is 0 Å². The standard InChI is InChI=1S/C13H10N2O3S/c1-7-2-3-8-10(6-7)19-13(14-8)15-11-5-4-9(18-11)12(16)17/h2-6H,1H3,(H,14,15)(H,16,17). The van der Waals surface area contributed by atoms with Crippen LogP contribution in [0.1, 0.15) is 16.1 Å². The molecular weight excluding hydrogens is 264 g/mol. The predicted molar refractivity (Wildman–Crippen MR) is 73.3 cm³/mol. The first-order valence-electron chi connectivity index (χ1n) is 5.59. The third kappa shape index (κ3) is 2.30. The predicted octanol–water partition coefficient (Wildman–Crippen LogP) is 3.64. The van der Waals surface area contributed by atoms with E-state index in [4.69, 9.17) is 9.52 Å². The molecule has 0 unspecified atom stereocenters. The number of aryl methyl sites for hydroxylation is 1. The van der Waals surface area contributed by atoms with Gasteiger partial charge in [-0.15, -0.1) is 0 Å². The zero-order valence-electron chi connectivity index (χ0n) is 10.0. The molecule has 0 fully saturated rings. The summed E-state index contributed by atoms with van der Waals surface area (Å²) in [7, 11) is 0. The molecule has 0 aliphatic carbocycles. The van der Waals surface area contributed by atoms with Crippen molar-refractivity contribution >= 4 is 38.5 Å². The van der Waals surface area contributed by atoms with Crippen LogP contribution in [0.4, 0.5) is 11.0 Å². The van der Waals surface area contributed by atoms with Crippen LogP contribution in [-0.4, -0.2) is 16.1 Å². The van der Waals surface area contributed by atoms with E-state index in [-0.39, 0.29) is 5.76 Å². The number of aromatic nitrogens is 1. The molecule has 2 N–H and O–H groups in total. The Kier molecular flexibility index (Phi) is 2.72. The second-order valence-electron chi connectivity index (χ2n) is 4.08. The number of carboxylic acids is 1. The van der Waals surface area contributed by atoms with Crippen molar-refractivity contribution in [2.45, 2.75) is 6.92 Å². The zero-order valence-corrected chi connectivity index (χ0v) is 10.8. The fraction of sp³-hybridized carbons (Fsp3) is 0.0769. The molecule has 96 valence electrons. The highest BCUT2D eigenvalue weighted by molar-refractivity contribution is 7.22. The van der Waals surface area contributed by atoms with Gasteiger partial charge in [0.25, 0.3) is 0 Å². The molecule has 0 bridgehead atoms. The maximum atomic E-state index is 10.7. The van der Waals surface area contributed by atoms with Crippen LogP contribution in [0.3, 0.4) is 0 Å². The summed E-state index contributed by atoms with van der Waals surface area (Å²) in [6.07, 6.45) is 0. The van der Waals surface area contributed by atoms with Crippen molar-refractivity contribution in [1.29, 1.82) is 0 Å². The first-order chi connectivity index (χ1) is 9.11. The number of rotatable bonds is 3. The van der Waals surface area contributed by atoms with Gasteiger partial charge >= 0.3 is 5.97 Å². The van der Waals surface area contributed by atoms with E-state index in [1.165, 1.54) is 23.0 Å². The minimum Gasteiger partial charge on any atom is -0.475 e. The average molecular weight is 274 g/mol. The minimum atomic E-state index is -1.09. The molecule has 0 aliphatic heterocycles. The summed E-state index contributed by atoms with van der Waals surface area (Å²) in [4.78, 5) is 15.1. The number of benzene rings is 1. The Morgan fingerprint density at radius 2 is 2.21 bits per heavy atom. The van der Waals surface area contributed by atoms with E-state index in [0.29, 0.717) is 11.0 Å². The molecule has 0 atom stereocenters. The molecule has 0 saturated heterocycles. The highest BCUT2D eigenvalue weighted by Gasteiger charge is 2.10. The molecule has 6 heteroatoms. The van der Waals surface area contributed by atoms with Crippen LogP contribution in [0, 0.1) is 6.92 Å². The van der Waals surface area contributed by atoms with Crippen LogP contribution in [0.2, 0.25) is 0 Å². The van der Waals surface area contributed by atoms with Crippen molar-refractivity contribution in [2.24, 2.45) is 0 Å². The Bertz CT molecular complexity index is 760. The van der Waals surface area contributed by atoms with Crippen LogP contribution in [0.15, 0.2) is 34.7 Å². The van der Waals surface area contributed by atoms with Gasteiger partial charge in [0.15, 0.2) is 11.0 Å². The Balaban J connectivity index is 1.89. The van der Waals surface area contributed by atoms with Crippen molar-refractivity contribution in [2.75, 3.05) is 5.32 Å². The lowest BCUT2D eigenvalue weighted by Gasteiger charge is -1.95. The van der Waals surface area contributed by atoms with Crippen molar-refractivity contribution in [3.63, 3.8) is 0 Å². The molecule has 19 heavy (non-hydrogen) atoms. The molecule has 2 aromatic heterocycles. The second kappa shape index (κ2) is 4.40. The van der Waals surface area contributed by atoms with E-state index < -0.39 is 5.97 Å². The van der Waals surface area contributed by atoms with Crippen molar-refractivity contribution in [3.05, 3.63) is 41.7 Å². The molecule has 1 aromatic carbocycles. The quantitative estimate of drug-likeness (QED) is 0.762. The van der Waals surface area contributed by atoms with Gasteiger partial charge in [-0.25, -0.2) is 9.78 Å². The van der Waals surface area contributed by atoms with Gasteiger partial charge in [-0.2, -0.15) is 0 Å². The topological polar surface area (TPSA) is 75.4 Å². The lowest BCUT2D eigenvalue weighted by atomic mass is 10.2. The van der Waals surface area contributed by atoms with E-state index in [9.17, 15) is 4.79 Å². The number of nitrogens with one attached hydrogen (secondary N) is 1. The Labute approximate surface area is 112 Å². The Hall–Kier alpha value is -2.34. The van der Waals surface area contributed by atoms with Gasteiger partial charge in [0.2, 0.25) is 5.76 Å². The molecule has 3 aromatic rings. The monoisotopic (exact) mass is 274 g/mol. The molecule has 3 rings (SSSR count). The third-order valence-corrected chi connectivity index (χ3v) is 3.52. The summed E-state index contributed by atoms with van der Waals surface area (Å²) in [6.45, 7) is 2.03. The summed E-state index contributed by atoms with van der Waals surface area (Å²) in [5, 5.41) is 12.4. The SMILES string of the molecule is Cc1ccc2nc(Nc3ccc(C(=O)O)o3)sc2c1. The molecule has 0 spiro atoms. The first-order valence-corrected chi connectivity index (χ1v) is 6.41. The van der Waals surface area contributed by atoms with Crippen LogP contribution < -0.4 is 5.32 Å². The maximum absolute atomic E-state index is 10.7. The second-order valence-corrected chi connectivity index (χ2v) is 5.11. The van der Waals surface area contributed by atoms with Gasteiger partial charge in [0.05, 0.1) is 10.2 Å². The highest BCUT2D eigenvalue weighted by Crippen LogP contribution is 2.29. The normalized spacial score (nSPS) is 10.8. The molecule has 0 aliphatic rings. The number of anilines is 2. The summed E-state index contributed by atoms with van der Waals surface area (Å²) in [6, 6.07) is 8.99. The van der Waals surface area contributed by atoms with Gasteiger partial charge in [-0.3, -0.25) is 0 Å². The molecule has 0 radical (unpaired) electrons. The zero-order chi connectivity index (χ0) is 13.4. The Morgan fingerprint density at radius 3 is 2.95 bits per heavy atom. The minimum absolute atomic E-state index is 0.0977. The lowest BCUT2D eigenvalue weighted by Crippen LogP contribution is -1.92. The number of thiazole rings is 1. The number of hydrogen-bond acceptors (Lipinski definition) is 5. The van der Waals surface area contributed by atoms with E-state index in [1.54, 1.807) is 6.07 Å². The van der Waals surface area contributed by atoms with Gasteiger partial charge in [0.1, 0.15) is 0 Å². The fourth-order valence-corrected chi connectivity index (χ4v) is 2.68. The summed E-state index contributed by atoms with van der Waals surface area (Å²) in [5.74, 6) is -0.819. The van der Waals surface area contributed by atoms with Gasteiger partial charge in [-0.05, 0) is 30.7 Å². The number of furan rings is 1. The number of fused-ring (bicyclic) bond motifs is 1. The summed E-state index contributed by atoms with van der Waals surface area (Å²) < 4.78 is 6.20. The Morgan fingerprint density at radius 1 is 1.37 bits per heavy atom. The van der Waals surface area contributed by atoms with Crippen LogP contribution >= 0.6 is 11.3 Å². The highest BCUT2D eigenvalue weighted by atomic mass is 32.1. The van der Waals surface area contributed by atoms with Gasteiger partial charge in [0, 0.05) is 6.07 Å². The number of carbonyl (C=O) groups is 1. The molecule has 2 heterocycles. The van der Waals surface area contributed by atoms with Crippen molar-refractivity contribution < 1.29 is 14.3 Å². The van der Waals surface area contributed by atoms with Crippen LogP contribution in [0.5, 0.6) is 0 Å². The fourth-order valence-electron chi connectivity index (χ4n) is 1.71. The smallest absolute Gasteiger partial charge is 0.371 e. The molecule has 5 nitrogen and oxygen atoms in total. The average Bonchev–Trinajstić information content (AvgIpc) is 2.95. The van der Waals surface area contributed by atoms with E-state index >= 15 is 0 Å². The number of carboxylic acid groups (broad SMARTS) is 1. The van der Waals surface area contributed by atoms with Crippen molar-refractivity contribution in [1.82, 2.24) is 4.98 Å². The van der Waals surface area contributed by atoms with Gasteiger partial charge < -0.3 is 14.8 Å². The number of aromatic carboxylic acids is 1. The third-order valence-electron chi connectivity index (χ3n) is 2.59. The summed E-state index contributed by atoms with van der Waals surface area (Å²) in [5.41, 5.74) is 2.08. The molecule has 0 amide bonds. The lowest BCUT2D eigenvalue weighted by molar-refractivity contribution is 0.0663. The van der Waals surface area contributed by atoms with E-state index in [0.717, 1.165) is 10.2 Å². The number of nitrogens with zero attached hydrogens (tertiary/aromatic N) is 1. The van der Waals surface area contributed by atoms with Crippen LogP contribution in [0.25, 0.3) is 10.2 Å². The molecule has 0 saturated carbocycles. The van der Waals surface area contributed by atoms with E-state index in [1.807, 2.05) is 19.1 Å². The largest absolute Gasteiger partial charge is 0.475 e. The summed E-state index contributed by atoms with van der Waals surface area (Å²) >= 11 is 1.49. The first kappa shape index (κ1) is 11.7.